The van der Waals surface area contributed by atoms with Gasteiger partial charge in [0.05, 0.1) is 5.03 Å². The quantitative estimate of drug-likeness (QED) is 0.144. The summed E-state index contributed by atoms with van der Waals surface area (Å²) >= 11 is 12.3. The normalized spacial score (nSPS) is 34.9. The number of benzene rings is 2. The van der Waals surface area contributed by atoms with Crippen LogP contribution in [0.5, 0.6) is 0 Å². The molecule has 300 valence electrons. The van der Waals surface area contributed by atoms with Crippen molar-refractivity contribution in [3.8, 4) is 0 Å². The smallest absolute Gasteiger partial charge is 0.343 e. The number of carbonyl (C=O) groups is 2. The van der Waals surface area contributed by atoms with E-state index in [2.05, 4.69) is 0 Å². The summed E-state index contributed by atoms with van der Waals surface area (Å²) in [5.41, 5.74) is -8.45. The second-order valence-electron chi connectivity index (χ2n) is 11.6. The Bertz CT molecular complexity index is 2370. The Kier molecular flexibility index (Phi) is 10.2. The van der Waals surface area contributed by atoms with Gasteiger partial charge in [-0.2, -0.15) is 0 Å². The summed E-state index contributed by atoms with van der Waals surface area (Å²) < 4.78 is 194. The standard InChI is InChI=1S/2C22H32ClNO3/c1-3-24(4-2)17-20(23)15-16-27-21(25)22(26,18-11-7-5-8-12-18)19-13-9-6-10-14-19;1-3-24(4-2)16-15-20(23)17-27-21(25)22(26,18-11-7-5-8-12-18)19-13-9-6-10-14-19/h2*5,7-8,11-12,15,19,26H,3-4,6,9-10,13-14,16-17H2,1-2H3/b2*20-15-/i2*6D2,9D2,10D2,13D2,14D2,19D. The van der Waals surface area contributed by atoms with Crippen molar-refractivity contribution in [3.05, 3.63) is 94.0 Å². The molecule has 2 atom stereocenters. The van der Waals surface area contributed by atoms with Gasteiger partial charge in [0, 0.05) is 60.1 Å². The van der Waals surface area contributed by atoms with Crippen molar-refractivity contribution in [1.82, 2.24) is 9.80 Å². The summed E-state index contributed by atoms with van der Waals surface area (Å²) in [6.07, 6.45) is -36.4. The molecule has 2 aromatic rings. The summed E-state index contributed by atoms with van der Waals surface area (Å²) in [7, 11) is 0. The predicted octanol–water partition coefficient (Wildman–Crippen LogP) is 8.92. The minimum absolute atomic E-state index is 0.00338. The molecule has 2 aromatic carbocycles. The van der Waals surface area contributed by atoms with Gasteiger partial charge in [-0.15, -0.1) is 0 Å². The second kappa shape index (κ2) is 24.0. The first-order chi connectivity index (χ1) is 34.3. The van der Waals surface area contributed by atoms with Crippen molar-refractivity contribution >= 4 is 35.1 Å². The van der Waals surface area contributed by atoms with E-state index in [0.29, 0.717) is 39.3 Å². The van der Waals surface area contributed by atoms with Gasteiger partial charge in [-0.3, -0.25) is 4.90 Å². The fraction of sp³-hybridized carbons (Fsp3) is 0.591. The van der Waals surface area contributed by atoms with Gasteiger partial charge in [-0.25, -0.2) is 9.59 Å². The van der Waals surface area contributed by atoms with Gasteiger partial charge in [0.2, 0.25) is 0 Å². The van der Waals surface area contributed by atoms with Crippen molar-refractivity contribution in [2.24, 2.45) is 11.8 Å². The van der Waals surface area contributed by atoms with E-state index in [4.69, 9.17) is 62.8 Å². The van der Waals surface area contributed by atoms with Crippen LogP contribution in [0.15, 0.2) is 82.9 Å². The van der Waals surface area contributed by atoms with Crippen molar-refractivity contribution in [1.29, 1.82) is 0 Å². The average Bonchev–Trinajstić information content (AvgIpc) is 3.35. The zero-order valence-electron chi connectivity index (χ0n) is 52.8. The molecule has 2 aliphatic carbocycles. The number of aliphatic hydroxyl groups is 2. The van der Waals surface area contributed by atoms with Gasteiger partial charge in [0.1, 0.15) is 13.2 Å². The molecule has 0 aromatic heterocycles. The molecule has 54 heavy (non-hydrogen) atoms. The molecule has 0 spiro atoms. The highest BCUT2D eigenvalue weighted by Crippen LogP contribution is 2.41. The number of likely N-dealkylation sites (N-methyl/N-ethyl adjacent to an activating group) is 2. The number of hydrogen-bond acceptors (Lipinski definition) is 8. The van der Waals surface area contributed by atoms with Gasteiger partial charge in [0.25, 0.3) is 0 Å². The molecule has 2 unspecified atom stereocenters. The number of rotatable bonds is 18. The third-order valence-corrected chi connectivity index (χ3v) is 8.83. The molecule has 10 heteroatoms. The molecule has 2 fully saturated rings. The van der Waals surface area contributed by atoms with Crippen LogP contribution >= 0.6 is 23.2 Å². The molecule has 0 amide bonds. The molecule has 0 bridgehead atoms. The van der Waals surface area contributed by atoms with Crippen LogP contribution in [0.1, 0.15) is 133 Å². The second-order valence-corrected chi connectivity index (χ2v) is 12.5. The number of halogens is 2. The monoisotopic (exact) mass is 809 g/mol. The van der Waals surface area contributed by atoms with E-state index in [1.807, 2.05) is 37.5 Å². The summed E-state index contributed by atoms with van der Waals surface area (Å²) in [5.74, 6) is -11.6. The van der Waals surface area contributed by atoms with Gasteiger partial charge in [0.15, 0.2) is 11.2 Å². The van der Waals surface area contributed by atoms with E-state index in [1.54, 1.807) is 0 Å². The topological polar surface area (TPSA) is 99.5 Å². The average molecular weight is 810 g/mol. The molecule has 2 aliphatic rings. The van der Waals surface area contributed by atoms with Crippen LogP contribution in [0.4, 0.5) is 0 Å². The molecule has 0 radical (unpaired) electrons. The van der Waals surface area contributed by atoms with Crippen molar-refractivity contribution in [3.63, 3.8) is 0 Å². The lowest BCUT2D eigenvalue weighted by atomic mass is 9.73. The molecule has 4 rings (SSSR count). The van der Waals surface area contributed by atoms with Crippen LogP contribution in [0.3, 0.4) is 0 Å². The van der Waals surface area contributed by atoms with E-state index in [1.165, 1.54) is 48.6 Å². The summed E-state index contributed by atoms with van der Waals surface area (Å²) in [6.45, 7) is 9.86. The van der Waals surface area contributed by atoms with E-state index in [0.717, 1.165) is 24.3 Å². The van der Waals surface area contributed by atoms with E-state index in [9.17, 15) is 19.8 Å². The first-order valence-electron chi connectivity index (χ1n) is 28.4. The van der Waals surface area contributed by atoms with Crippen LogP contribution in [0, 0.1) is 11.8 Å². The van der Waals surface area contributed by atoms with Crippen LogP contribution in [-0.4, -0.2) is 84.4 Å². The molecular formula is C44H64Cl2N2O6. The maximum atomic E-state index is 13.5. The Morgan fingerprint density at radius 1 is 0.704 bits per heavy atom. The third-order valence-electron chi connectivity index (χ3n) is 8.29. The van der Waals surface area contributed by atoms with Gasteiger partial charge in [-0.1, -0.05) is 156 Å². The highest BCUT2D eigenvalue weighted by Gasteiger charge is 2.48. The lowest BCUT2D eigenvalue weighted by Gasteiger charge is -2.36. The molecule has 0 heterocycles. The van der Waals surface area contributed by atoms with Crippen molar-refractivity contribution < 1.29 is 59.4 Å². The first-order valence-corrected chi connectivity index (χ1v) is 18.1. The summed E-state index contributed by atoms with van der Waals surface area (Å²) in [6, 6.07) is 12.2. The number of hydrogen-bond donors (Lipinski definition) is 2. The number of nitrogens with zero attached hydrogens (tertiary/aromatic N) is 2. The predicted molar refractivity (Wildman–Crippen MR) is 219 cm³/mol. The van der Waals surface area contributed by atoms with E-state index < -0.39 is 123 Å². The molecule has 0 aliphatic heterocycles. The Labute approximate surface area is 365 Å². The van der Waals surface area contributed by atoms with E-state index >= 15 is 0 Å². The molecule has 0 saturated heterocycles. The van der Waals surface area contributed by atoms with Gasteiger partial charge < -0.3 is 24.6 Å². The van der Waals surface area contributed by atoms with Crippen LogP contribution < -0.4 is 0 Å². The summed E-state index contributed by atoms with van der Waals surface area (Å²) in [5, 5.41) is 24.0. The largest absolute Gasteiger partial charge is 0.459 e. The summed E-state index contributed by atoms with van der Waals surface area (Å²) in [4.78, 5) is 30.9. The number of esters is 2. The fourth-order valence-electron chi connectivity index (χ4n) is 4.99. The zero-order valence-corrected chi connectivity index (χ0v) is 32.3. The lowest BCUT2D eigenvalue weighted by molar-refractivity contribution is -0.174. The van der Waals surface area contributed by atoms with Crippen molar-refractivity contribution in [2.45, 2.75) is 103 Å². The minimum atomic E-state index is -4.01. The van der Waals surface area contributed by atoms with E-state index in [-0.39, 0.29) is 10.1 Å². The fourth-order valence-corrected chi connectivity index (χ4v) is 5.35. The molecular weight excluding hydrogens is 723 g/mol. The SMILES string of the molecule is [2H]C1([2H])C([2H])([2H])C([2H])([2H])C([2H])(C(O)(C(=O)OC/C(Cl)=C/CN(CC)CC)c2ccccc2)C([2H])([2H])C1([2H])[2H].[2H]C1([2H])C([2H])([2H])C([2H])([2H])C([2H])(C(O)(C(=O)OC/C=C(\Cl)CN(CC)CC)c2ccccc2)C([2H])([2H])C1([2H])[2H]. The van der Waals surface area contributed by atoms with Crippen LogP contribution in [0.2, 0.25) is 0 Å². The highest BCUT2D eigenvalue weighted by atomic mass is 35.5. The Balaban J connectivity index is 0.000000400. The van der Waals surface area contributed by atoms with Crippen LogP contribution in [0.25, 0.3) is 0 Å². The highest BCUT2D eigenvalue weighted by molar-refractivity contribution is 6.30. The first kappa shape index (κ1) is 22.9. The Morgan fingerprint density at radius 3 is 1.56 bits per heavy atom. The van der Waals surface area contributed by atoms with Crippen LogP contribution in [-0.2, 0) is 30.3 Å². The Hall–Kier alpha value is -2.72. The number of ether oxygens (including phenoxy) is 2. The molecule has 8 nitrogen and oxygen atoms in total. The van der Waals surface area contributed by atoms with Gasteiger partial charge in [-0.05, 0) is 68.9 Å². The maximum absolute atomic E-state index is 13.5. The number of carbonyl (C=O) groups excluding carboxylic acids is 2. The minimum Gasteiger partial charge on any atom is -0.459 e. The maximum Gasteiger partial charge on any atom is 0.343 e. The van der Waals surface area contributed by atoms with Gasteiger partial charge >= 0.3 is 11.9 Å². The molecule has 2 saturated carbocycles. The lowest BCUT2D eigenvalue weighted by Crippen LogP contribution is -2.45. The van der Waals surface area contributed by atoms with Crippen molar-refractivity contribution in [2.75, 3.05) is 52.5 Å². The zero-order chi connectivity index (χ0) is 59.2. The Morgan fingerprint density at radius 2 is 1.13 bits per heavy atom. The third kappa shape index (κ3) is 13.2. The molecule has 2 N–H and O–H groups in total.